The first-order valence-corrected chi connectivity index (χ1v) is 8.51. The van der Waals surface area contributed by atoms with E-state index in [0.29, 0.717) is 11.4 Å². The number of nitrogens with zero attached hydrogens (tertiary/aromatic N) is 2. The van der Waals surface area contributed by atoms with Gasteiger partial charge in [0.2, 0.25) is 0 Å². The number of nitrogens with one attached hydrogen (secondary N) is 2. The highest BCUT2D eigenvalue weighted by Gasteiger charge is 2.19. The minimum atomic E-state index is -0.372. The number of amides is 1. The molecule has 5 nitrogen and oxygen atoms in total. The van der Waals surface area contributed by atoms with E-state index in [1.54, 1.807) is 6.07 Å². The molecule has 2 N–H and O–H groups in total. The summed E-state index contributed by atoms with van der Waals surface area (Å²) in [7, 11) is 0. The van der Waals surface area contributed by atoms with Crippen LogP contribution in [0.5, 0.6) is 0 Å². The van der Waals surface area contributed by atoms with E-state index in [9.17, 15) is 9.18 Å². The van der Waals surface area contributed by atoms with E-state index in [4.69, 9.17) is 0 Å². The number of anilines is 2. The van der Waals surface area contributed by atoms with E-state index in [1.165, 1.54) is 18.6 Å². The molecule has 0 atom stereocenters. The molecule has 0 saturated carbocycles. The summed E-state index contributed by atoms with van der Waals surface area (Å²) in [4.78, 5) is 14.9. The molecule has 1 saturated heterocycles. The Hall–Kier alpha value is -2.89. The number of aromatic amines is 1. The number of hydrogen-bond donors (Lipinski definition) is 2. The minimum Gasteiger partial charge on any atom is -0.370 e. The van der Waals surface area contributed by atoms with Gasteiger partial charge in [-0.05, 0) is 43.5 Å². The number of aromatic nitrogens is 2. The van der Waals surface area contributed by atoms with Crippen LogP contribution in [0, 0.1) is 5.82 Å². The Labute approximate surface area is 144 Å². The fourth-order valence-corrected chi connectivity index (χ4v) is 3.34. The van der Waals surface area contributed by atoms with E-state index in [-0.39, 0.29) is 11.7 Å². The molecule has 1 aromatic heterocycles. The molecule has 1 aliphatic heterocycles. The summed E-state index contributed by atoms with van der Waals surface area (Å²) < 4.78 is 13.8. The highest BCUT2D eigenvalue weighted by Crippen LogP contribution is 2.30. The zero-order valence-electron chi connectivity index (χ0n) is 13.8. The lowest BCUT2D eigenvalue weighted by atomic mass is 10.1. The molecule has 4 rings (SSSR count). The van der Waals surface area contributed by atoms with Gasteiger partial charge in [-0.1, -0.05) is 18.2 Å². The number of benzene rings is 2. The van der Waals surface area contributed by atoms with E-state index >= 15 is 0 Å². The number of hydrogen-bond acceptors (Lipinski definition) is 3. The maximum absolute atomic E-state index is 13.8. The van der Waals surface area contributed by atoms with Crippen molar-refractivity contribution in [1.29, 1.82) is 0 Å². The van der Waals surface area contributed by atoms with Gasteiger partial charge in [-0.3, -0.25) is 9.89 Å². The summed E-state index contributed by atoms with van der Waals surface area (Å²) in [5, 5.41) is 10.5. The van der Waals surface area contributed by atoms with Crippen LogP contribution < -0.4 is 10.2 Å². The lowest BCUT2D eigenvalue weighted by Gasteiger charge is -2.30. The van der Waals surface area contributed by atoms with Crippen LogP contribution in [0.4, 0.5) is 15.8 Å². The molecular weight excluding hydrogens is 319 g/mol. The van der Waals surface area contributed by atoms with E-state index in [2.05, 4.69) is 20.4 Å². The summed E-state index contributed by atoms with van der Waals surface area (Å²) in [6.07, 6.45) is 3.42. The average molecular weight is 338 g/mol. The van der Waals surface area contributed by atoms with Crippen LogP contribution in [0.25, 0.3) is 10.9 Å². The Morgan fingerprint density at radius 2 is 1.92 bits per heavy atom. The molecule has 2 heterocycles. The first-order valence-electron chi connectivity index (χ1n) is 8.51. The van der Waals surface area contributed by atoms with Crippen LogP contribution in [-0.4, -0.2) is 29.2 Å². The van der Waals surface area contributed by atoms with E-state index < -0.39 is 0 Å². The fraction of sp³-hybridized carbons (Fsp3) is 0.263. The van der Waals surface area contributed by atoms with Gasteiger partial charge in [0.25, 0.3) is 5.91 Å². The molecule has 128 valence electrons. The third-order valence-electron chi connectivity index (χ3n) is 4.59. The number of piperidine rings is 1. The topological polar surface area (TPSA) is 61.0 Å². The molecule has 3 aromatic rings. The van der Waals surface area contributed by atoms with Gasteiger partial charge in [-0.15, -0.1) is 0 Å². The Morgan fingerprint density at radius 1 is 1.12 bits per heavy atom. The normalized spacial score (nSPS) is 14.7. The first kappa shape index (κ1) is 15.6. The van der Waals surface area contributed by atoms with Crippen molar-refractivity contribution in [3.63, 3.8) is 0 Å². The van der Waals surface area contributed by atoms with Crippen LogP contribution in [0.1, 0.15) is 29.8 Å². The Balaban J connectivity index is 1.65. The first-order chi connectivity index (χ1) is 12.2. The van der Waals surface area contributed by atoms with Gasteiger partial charge in [0.05, 0.1) is 16.9 Å². The highest BCUT2D eigenvalue weighted by atomic mass is 19.1. The Morgan fingerprint density at radius 3 is 2.76 bits per heavy atom. The summed E-state index contributed by atoms with van der Waals surface area (Å²) in [5.41, 5.74) is 2.45. The maximum Gasteiger partial charge on any atom is 0.276 e. The molecule has 0 spiro atoms. The molecule has 1 amide bonds. The predicted molar refractivity (Wildman–Crippen MR) is 96.5 cm³/mol. The molecule has 1 aliphatic rings. The average Bonchev–Trinajstić information content (AvgIpc) is 3.07. The summed E-state index contributed by atoms with van der Waals surface area (Å²) in [5.74, 6) is -0.718. The molecule has 6 heteroatoms. The van der Waals surface area contributed by atoms with Gasteiger partial charge in [-0.25, -0.2) is 4.39 Å². The smallest absolute Gasteiger partial charge is 0.276 e. The molecular formula is C19H19FN4O. The summed E-state index contributed by atoms with van der Waals surface area (Å²) in [6.45, 7) is 1.83. The lowest BCUT2D eigenvalue weighted by Crippen LogP contribution is -2.30. The second-order valence-electron chi connectivity index (χ2n) is 6.28. The molecule has 1 fully saturated rings. The van der Waals surface area contributed by atoms with Crippen LogP contribution in [-0.2, 0) is 0 Å². The fourth-order valence-electron chi connectivity index (χ4n) is 3.34. The zero-order chi connectivity index (χ0) is 17.2. The molecule has 0 unspecified atom stereocenters. The number of halogens is 1. The number of H-pyrrole nitrogens is 1. The third kappa shape index (κ3) is 3.07. The standard InChI is InChI=1S/C19H19FN4O/c20-13-8-9-17(24-10-4-1-5-11-24)16(12-13)21-19(25)18-14-6-2-3-7-15(14)22-23-18/h2-3,6-9,12H,1,4-5,10-11H2,(H,21,25)(H,22,23). The highest BCUT2D eigenvalue weighted by molar-refractivity contribution is 6.12. The van der Waals surface area contributed by atoms with E-state index in [1.807, 2.05) is 24.3 Å². The van der Waals surface area contributed by atoms with Crippen LogP contribution >= 0.6 is 0 Å². The Kier molecular flexibility index (Phi) is 4.09. The van der Waals surface area contributed by atoms with Crippen molar-refractivity contribution in [2.24, 2.45) is 0 Å². The summed E-state index contributed by atoms with van der Waals surface area (Å²) in [6, 6.07) is 12.0. The quantitative estimate of drug-likeness (QED) is 0.760. The number of fused-ring (bicyclic) bond motifs is 1. The SMILES string of the molecule is O=C(Nc1cc(F)ccc1N1CCCCC1)c1n[nH]c2ccccc12. The summed E-state index contributed by atoms with van der Waals surface area (Å²) >= 11 is 0. The predicted octanol–water partition coefficient (Wildman–Crippen LogP) is 3.94. The van der Waals surface area contributed by atoms with Crippen LogP contribution in [0.2, 0.25) is 0 Å². The number of para-hydroxylation sites is 1. The molecule has 2 aromatic carbocycles. The monoisotopic (exact) mass is 338 g/mol. The van der Waals surface area contributed by atoms with Crippen LogP contribution in [0.3, 0.4) is 0 Å². The molecule has 0 bridgehead atoms. The van der Waals surface area contributed by atoms with Gasteiger partial charge >= 0.3 is 0 Å². The lowest BCUT2D eigenvalue weighted by molar-refractivity contribution is 0.102. The van der Waals surface area contributed by atoms with Crippen molar-refractivity contribution >= 4 is 28.2 Å². The van der Waals surface area contributed by atoms with Gasteiger partial charge < -0.3 is 10.2 Å². The number of carbonyl (C=O) groups excluding carboxylic acids is 1. The van der Waals surface area contributed by atoms with Gasteiger partial charge in [-0.2, -0.15) is 5.10 Å². The molecule has 0 aliphatic carbocycles. The largest absolute Gasteiger partial charge is 0.370 e. The van der Waals surface area contributed by atoms with Crippen molar-refractivity contribution in [2.75, 3.05) is 23.3 Å². The van der Waals surface area contributed by atoms with Crippen molar-refractivity contribution in [1.82, 2.24) is 10.2 Å². The van der Waals surface area contributed by atoms with Crippen molar-refractivity contribution in [3.05, 3.63) is 54.0 Å². The van der Waals surface area contributed by atoms with E-state index in [0.717, 1.165) is 42.5 Å². The maximum atomic E-state index is 13.8. The number of rotatable bonds is 3. The van der Waals surface area contributed by atoms with Gasteiger partial charge in [0.1, 0.15) is 5.82 Å². The van der Waals surface area contributed by atoms with Gasteiger partial charge in [0, 0.05) is 18.5 Å². The second kappa shape index (κ2) is 6.55. The van der Waals surface area contributed by atoms with Crippen LogP contribution in [0.15, 0.2) is 42.5 Å². The van der Waals surface area contributed by atoms with Crippen molar-refractivity contribution in [2.45, 2.75) is 19.3 Å². The minimum absolute atomic E-state index is 0.310. The van der Waals surface area contributed by atoms with Gasteiger partial charge in [0.15, 0.2) is 5.69 Å². The van der Waals surface area contributed by atoms with Crippen molar-refractivity contribution in [3.8, 4) is 0 Å². The van der Waals surface area contributed by atoms with Crippen molar-refractivity contribution < 1.29 is 9.18 Å². The number of carbonyl (C=O) groups is 1. The molecule has 0 radical (unpaired) electrons. The second-order valence-corrected chi connectivity index (χ2v) is 6.28. The third-order valence-corrected chi connectivity index (χ3v) is 4.59. The Bertz CT molecular complexity index is 915. The zero-order valence-corrected chi connectivity index (χ0v) is 13.8. The molecule has 25 heavy (non-hydrogen) atoms.